The minimum absolute atomic E-state index is 0.0216. The summed E-state index contributed by atoms with van der Waals surface area (Å²) in [6.45, 7) is 3.72. The third-order valence-electron chi connectivity index (χ3n) is 5.45. The van der Waals surface area contributed by atoms with Gasteiger partial charge >= 0.3 is 0 Å². The number of hydrogen-bond donors (Lipinski definition) is 0. The van der Waals surface area contributed by atoms with E-state index in [1.807, 2.05) is 60.4 Å². The third kappa shape index (κ3) is 4.01. The summed E-state index contributed by atoms with van der Waals surface area (Å²) in [5.74, 6) is 0.487. The largest absolute Gasteiger partial charge is 0.474 e. The van der Waals surface area contributed by atoms with Crippen LogP contribution in [0.2, 0.25) is 0 Å². The van der Waals surface area contributed by atoms with E-state index in [0.717, 1.165) is 24.2 Å². The van der Waals surface area contributed by atoms with Gasteiger partial charge in [0.05, 0.1) is 5.92 Å². The van der Waals surface area contributed by atoms with Gasteiger partial charge in [0.2, 0.25) is 17.7 Å². The number of rotatable bonds is 4. The number of aryl methyl sites for hydroxylation is 1. The minimum atomic E-state index is -0.261. The Balaban J connectivity index is 1.31. The van der Waals surface area contributed by atoms with E-state index in [9.17, 15) is 9.59 Å². The molecule has 6 nitrogen and oxygen atoms in total. The lowest BCUT2D eigenvalue weighted by Crippen LogP contribution is -2.45. The van der Waals surface area contributed by atoms with Crippen LogP contribution in [0.3, 0.4) is 0 Å². The molecule has 1 unspecified atom stereocenters. The van der Waals surface area contributed by atoms with Gasteiger partial charge < -0.3 is 14.5 Å². The van der Waals surface area contributed by atoms with Crippen LogP contribution in [0.15, 0.2) is 48.5 Å². The lowest BCUT2D eigenvalue weighted by molar-refractivity contribution is -0.137. The second kappa shape index (κ2) is 8.00. The predicted molar refractivity (Wildman–Crippen MR) is 106 cm³/mol. The number of anilines is 1. The first-order valence-electron chi connectivity index (χ1n) is 9.84. The Bertz CT molecular complexity index is 847. The van der Waals surface area contributed by atoms with Gasteiger partial charge in [-0.15, -0.1) is 0 Å². The van der Waals surface area contributed by atoms with Crippen molar-refractivity contribution >= 4 is 17.5 Å². The Morgan fingerprint density at radius 2 is 1.82 bits per heavy atom. The zero-order chi connectivity index (χ0) is 19.5. The number of benzene rings is 1. The molecule has 2 aliphatic heterocycles. The van der Waals surface area contributed by atoms with Gasteiger partial charge in [0.15, 0.2) is 0 Å². The summed E-state index contributed by atoms with van der Waals surface area (Å²) in [6, 6.07) is 15.3. The first kappa shape index (κ1) is 18.5. The third-order valence-corrected chi connectivity index (χ3v) is 5.45. The van der Waals surface area contributed by atoms with Crippen LogP contribution in [0.1, 0.15) is 25.0 Å². The smallest absolute Gasteiger partial charge is 0.228 e. The van der Waals surface area contributed by atoms with Gasteiger partial charge in [-0.3, -0.25) is 9.59 Å². The quantitative estimate of drug-likeness (QED) is 0.820. The molecule has 0 N–H and O–H groups in total. The van der Waals surface area contributed by atoms with Crippen molar-refractivity contribution in [3.8, 4) is 5.88 Å². The van der Waals surface area contributed by atoms with Crippen LogP contribution in [-0.2, 0) is 9.59 Å². The molecule has 2 aliphatic rings. The van der Waals surface area contributed by atoms with Gasteiger partial charge in [-0.2, -0.15) is 0 Å². The van der Waals surface area contributed by atoms with Crippen molar-refractivity contribution in [1.82, 2.24) is 9.88 Å². The van der Waals surface area contributed by atoms with E-state index in [1.54, 1.807) is 4.90 Å². The number of amides is 2. The Morgan fingerprint density at radius 1 is 1.07 bits per heavy atom. The number of piperidine rings is 1. The number of aromatic nitrogens is 1. The second-order valence-electron chi connectivity index (χ2n) is 7.50. The van der Waals surface area contributed by atoms with Crippen molar-refractivity contribution in [1.29, 1.82) is 0 Å². The zero-order valence-corrected chi connectivity index (χ0v) is 16.1. The zero-order valence-electron chi connectivity index (χ0n) is 16.1. The number of carbonyl (C=O) groups is 2. The van der Waals surface area contributed by atoms with E-state index in [4.69, 9.17) is 4.74 Å². The molecule has 1 aromatic carbocycles. The highest BCUT2D eigenvalue weighted by Crippen LogP contribution is 2.27. The van der Waals surface area contributed by atoms with E-state index in [0.29, 0.717) is 25.5 Å². The molecule has 0 saturated carbocycles. The number of ether oxygens (including phenoxy) is 1. The maximum Gasteiger partial charge on any atom is 0.228 e. The predicted octanol–water partition coefficient (Wildman–Crippen LogP) is 2.81. The van der Waals surface area contributed by atoms with Gasteiger partial charge in [-0.05, 0) is 25.1 Å². The highest BCUT2D eigenvalue weighted by Gasteiger charge is 2.38. The summed E-state index contributed by atoms with van der Waals surface area (Å²) < 4.78 is 5.97. The summed E-state index contributed by atoms with van der Waals surface area (Å²) >= 11 is 0. The molecule has 6 heteroatoms. The molecule has 3 heterocycles. The van der Waals surface area contributed by atoms with Crippen LogP contribution in [0.4, 0.5) is 5.69 Å². The van der Waals surface area contributed by atoms with Crippen LogP contribution in [0.5, 0.6) is 5.88 Å². The Labute approximate surface area is 165 Å². The number of hydrogen-bond acceptors (Lipinski definition) is 4. The van der Waals surface area contributed by atoms with Crippen LogP contribution >= 0.6 is 0 Å². The molecule has 0 radical (unpaired) electrons. The number of para-hydroxylation sites is 1. The minimum Gasteiger partial charge on any atom is -0.474 e. The lowest BCUT2D eigenvalue weighted by Gasteiger charge is -2.33. The van der Waals surface area contributed by atoms with Crippen molar-refractivity contribution in [3.63, 3.8) is 0 Å². The molecule has 146 valence electrons. The fourth-order valence-corrected chi connectivity index (χ4v) is 3.94. The summed E-state index contributed by atoms with van der Waals surface area (Å²) in [5, 5.41) is 0. The average molecular weight is 379 g/mol. The van der Waals surface area contributed by atoms with Crippen molar-refractivity contribution < 1.29 is 14.3 Å². The van der Waals surface area contributed by atoms with Gasteiger partial charge in [-0.1, -0.05) is 24.3 Å². The van der Waals surface area contributed by atoms with Crippen LogP contribution in [0.25, 0.3) is 0 Å². The molecule has 0 bridgehead atoms. The fourth-order valence-electron chi connectivity index (χ4n) is 3.94. The number of likely N-dealkylation sites (tertiary alicyclic amines) is 1. The standard InChI is InChI=1S/C22H25N3O3/c1-16-6-5-9-20(23-16)28-19-10-12-24(13-11-19)22(27)17-14-21(26)25(15-17)18-7-3-2-4-8-18/h2-9,17,19H,10-15H2,1H3. The Kier molecular flexibility index (Phi) is 5.28. The maximum absolute atomic E-state index is 12.9. The van der Waals surface area contributed by atoms with Crippen LogP contribution < -0.4 is 9.64 Å². The highest BCUT2D eigenvalue weighted by atomic mass is 16.5. The van der Waals surface area contributed by atoms with Gasteiger partial charge in [0.25, 0.3) is 0 Å². The molecule has 1 atom stereocenters. The fraction of sp³-hybridized carbons (Fsp3) is 0.409. The molecule has 28 heavy (non-hydrogen) atoms. The van der Waals surface area contributed by atoms with Gasteiger partial charge in [0.1, 0.15) is 6.10 Å². The average Bonchev–Trinajstić information content (AvgIpc) is 3.10. The molecule has 2 fully saturated rings. The van der Waals surface area contributed by atoms with E-state index < -0.39 is 0 Å². The Hall–Kier alpha value is -2.89. The van der Waals surface area contributed by atoms with E-state index in [2.05, 4.69) is 4.98 Å². The van der Waals surface area contributed by atoms with E-state index >= 15 is 0 Å². The van der Waals surface area contributed by atoms with Crippen molar-refractivity contribution in [2.24, 2.45) is 5.92 Å². The van der Waals surface area contributed by atoms with Gasteiger partial charge in [0, 0.05) is 56.3 Å². The van der Waals surface area contributed by atoms with E-state index in [1.165, 1.54) is 0 Å². The topological polar surface area (TPSA) is 62.7 Å². The molecule has 0 aliphatic carbocycles. The molecular weight excluding hydrogens is 354 g/mol. The molecule has 2 saturated heterocycles. The molecular formula is C22H25N3O3. The molecule has 4 rings (SSSR count). The molecule has 2 amide bonds. The van der Waals surface area contributed by atoms with Crippen LogP contribution in [-0.4, -0.2) is 47.4 Å². The molecule has 1 aromatic heterocycles. The number of nitrogens with zero attached hydrogens (tertiary/aromatic N) is 3. The first-order chi connectivity index (χ1) is 13.6. The van der Waals surface area contributed by atoms with Gasteiger partial charge in [-0.25, -0.2) is 4.98 Å². The number of carbonyl (C=O) groups excluding carboxylic acids is 2. The maximum atomic E-state index is 12.9. The van der Waals surface area contributed by atoms with E-state index in [-0.39, 0.29) is 30.3 Å². The SMILES string of the molecule is Cc1cccc(OC2CCN(C(=O)C3CC(=O)N(c4ccccc4)C3)CC2)n1. The summed E-state index contributed by atoms with van der Waals surface area (Å²) in [4.78, 5) is 33.3. The molecule has 2 aromatic rings. The number of pyridine rings is 1. The van der Waals surface area contributed by atoms with Crippen molar-refractivity contribution in [2.75, 3.05) is 24.5 Å². The highest BCUT2D eigenvalue weighted by molar-refractivity contribution is 6.00. The Morgan fingerprint density at radius 3 is 2.54 bits per heavy atom. The monoisotopic (exact) mass is 379 g/mol. The van der Waals surface area contributed by atoms with Crippen LogP contribution in [0, 0.1) is 12.8 Å². The first-order valence-corrected chi connectivity index (χ1v) is 9.84. The normalized spacial score (nSPS) is 20.5. The van der Waals surface area contributed by atoms with Crippen molar-refractivity contribution in [2.45, 2.75) is 32.3 Å². The summed E-state index contributed by atoms with van der Waals surface area (Å²) in [7, 11) is 0. The lowest BCUT2D eigenvalue weighted by atomic mass is 10.0. The molecule has 0 spiro atoms. The second-order valence-corrected chi connectivity index (χ2v) is 7.50. The summed E-state index contributed by atoms with van der Waals surface area (Å²) in [6.07, 6.45) is 1.93. The summed E-state index contributed by atoms with van der Waals surface area (Å²) in [5.41, 5.74) is 1.79. The van der Waals surface area contributed by atoms with Crippen molar-refractivity contribution in [3.05, 3.63) is 54.2 Å².